The van der Waals surface area contributed by atoms with Crippen molar-refractivity contribution in [1.82, 2.24) is 0 Å². The molecule has 1 unspecified atom stereocenters. The highest BCUT2D eigenvalue weighted by Gasteiger charge is 2.35. The van der Waals surface area contributed by atoms with Crippen LogP contribution in [-0.2, 0) is 9.53 Å². The van der Waals surface area contributed by atoms with Crippen LogP contribution in [0.2, 0.25) is 5.02 Å². The summed E-state index contributed by atoms with van der Waals surface area (Å²) in [5.41, 5.74) is -0.187. The van der Waals surface area contributed by atoms with Gasteiger partial charge >= 0.3 is 5.97 Å². The fraction of sp³-hybridized carbons (Fsp3) is 0.182. The van der Waals surface area contributed by atoms with Gasteiger partial charge in [-0.15, -0.1) is 0 Å². The van der Waals surface area contributed by atoms with Gasteiger partial charge in [0, 0.05) is 5.03 Å². The lowest BCUT2D eigenvalue weighted by Crippen LogP contribution is -2.21. The van der Waals surface area contributed by atoms with Gasteiger partial charge in [-0.25, -0.2) is 0 Å². The van der Waals surface area contributed by atoms with Crippen LogP contribution < -0.4 is 0 Å². The molecular weight excluding hydrogens is 281 g/mol. The number of cyclic esters (lactones) is 1. The molecule has 1 aromatic rings. The predicted octanol–water partition coefficient (Wildman–Crippen LogP) is 3.01. The normalized spacial score (nSPS) is 19.1. The first-order valence-electron chi connectivity index (χ1n) is 4.97. The minimum atomic E-state index is -0.987. The molecule has 1 heterocycles. The third-order valence-electron chi connectivity index (χ3n) is 2.53. The molecule has 0 saturated heterocycles. The first-order valence-corrected chi connectivity index (χ1v) is 5.73. The molecule has 2 rings (SSSR count). The minimum absolute atomic E-state index is 0.0414. The third-order valence-corrected chi connectivity index (χ3v) is 3.20. The zero-order chi connectivity index (χ0) is 13.3. The van der Waals surface area contributed by atoms with Gasteiger partial charge in [-0.05, 0) is 12.1 Å². The predicted molar refractivity (Wildman–Crippen MR) is 65.7 cm³/mol. The van der Waals surface area contributed by atoms with E-state index in [-0.39, 0.29) is 27.9 Å². The Morgan fingerprint density at radius 2 is 2.11 bits per heavy atom. The molecule has 18 heavy (non-hydrogen) atoms. The Hall–Kier alpha value is -1.59. The van der Waals surface area contributed by atoms with E-state index < -0.39 is 16.8 Å². The molecule has 0 bridgehead atoms. The summed E-state index contributed by atoms with van der Waals surface area (Å²) in [5, 5.41) is 11.2. The number of para-hydroxylation sites is 1. The van der Waals surface area contributed by atoms with Crippen molar-refractivity contribution in [2.75, 3.05) is 6.61 Å². The van der Waals surface area contributed by atoms with Crippen LogP contribution in [0.4, 0.5) is 5.69 Å². The van der Waals surface area contributed by atoms with Crippen molar-refractivity contribution >= 4 is 34.9 Å². The molecule has 1 aromatic carbocycles. The number of ether oxygens (including phenoxy) is 1. The van der Waals surface area contributed by atoms with Crippen LogP contribution >= 0.6 is 23.2 Å². The zero-order valence-electron chi connectivity index (χ0n) is 8.93. The molecule has 0 radical (unpaired) electrons. The number of halogens is 2. The molecule has 0 N–H and O–H groups in total. The van der Waals surface area contributed by atoms with Crippen LogP contribution in [0.5, 0.6) is 0 Å². The standard InChI is InChI=1S/C11H7Cl2NO4/c12-7-4-5-18-11(15)9(7)6-2-1-3-8(13)10(6)14(16)17/h1-4,9H,5H2. The summed E-state index contributed by atoms with van der Waals surface area (Å²) in [5.74, 6) is -1.60. The Balaban J connectivity index is 2.60. The summed E-state index contributed by atoms with van der Waals surface area (Å²) in [6, 6.07) is 4.35. The van der Waals surface area contributed by atoms with Gasteiger partial charge in [0.15, 0.2) is 0 Å². The molecule has 7 heteroatoms. The van der Waals surface area contributed by atoms with Crippen LogP contribution in [-0.4, -0.2) is 17.5 Å². The number of nitro benzene ring substituents is 1. The van der Waals surface area contributed by atoms with E-state index >= 15 is 0 Å². The third kappa shape index (κ3) is 2.19. The van der Waals surface area contributed by atoms with E-state index in [1.165, 1.54) is 24.3 Å². The lowest BCUT2D eigenvalue weighted by Gasteiger charge is -2.19. The number of nitro groups is 1. The minimum Gasteiger partial charge on any atom is -0.461 e. The smallest absolute Gasteiger partial charge is 0.319 e. The number of benzene rings is 1. The van der Waals surface area contributed by atoms with Crippen molar-refractivity contribution in [2.24, 2.45) is 0 Å². The van der Waals surface area contributed by atoms with Gasteiger partial charge in [0.05, 0.1) is 10.5 Å². The average molecular weight is 288 g/mol. The first kappa shape index (κ1) is 12.9. The molecule has 1 aliphatic rings. The number of carbonyl (C=O) groups is 1. The zero-order valence-corrected chi connectivity index (χ0v) is 10.4. The van der Waals surface area contributed by atoms with E-state index in [0.717, 1.165) is 0 Å². The second kappa shape index (κ2) is 4.96. The van der Waals surface area contributed by atoms with E-state index in [4.69, 9.17) is 27.9 Å². The second-order valence-corrected chi connectivity index (χ2v) is 4.43. The summed E-state index contributed by atoms with van der Waals surface area (Å²) in [6.45, 7) is 0.0720. The van der Waals surface area contributed by atoms with Gasteiger partial charge < -0.3 is 4.74 Å². The number of hydrogen-bond acceptors (Lipinski definition) is 4. The Kier molecular flexibility index (Phi) is 3.54. The van der Waals surface area contributed by atoms with Gasteiger partial charge in [0.2, 0.25) is 0 Å². The van der Waals surface area contributed by atoms with E-state index in [0.29, 0.717) is 0 Å². The first-order chi connectivity index (χ1) is 8.52. The summed E-state index contributed by atoms with van der Waals surface area (Å²) < 4.78 is 4.82. The highest BCUT2D eigenvalue weighted by Crippen LogP contribution is 2.39. The molecule has 5 nitrogen and oxygen atoms in total. The van der Waals surface area contributed by atoms with Gasteiger partial charge in [-0.1, -0.05) is 35.3 Å². The molecule has 0 aromatic heterocycles. The average Bonchev–Trinajstić information content (AvgIpc) is 2.28. The van der Waals surface area contributed by atoms with E-state index in [2.05, 4.69) is 0 Å². The molecule has 1 atom stereocenters. The van der Waals surface area contributed by atoms with E-state index in [9.17, 15) is 14.9 Å². The van der Waals surface area contributed by atoms with Gasteiger partial charge in [0.25, 0.3) is 5.69 Å². The highest BCUT2D eigenvalue weighted by atomic mass is 35.5. The molecular formula is C11H7Cl2NO4. The Bertz CT molecular complexity index is 556. The molecule has 0 aliphatic carbocycles. The van der Waals surface area contributed by atoms with Crippen LogP contribution in [0.1, 0.15) is 11.5 Å². The summed E-state index contributed by atoms with van der Waals surface area (Å²) >= 11 is 11.7. The van der Waals surface area contributed by atoms with Crippen molar-refractivity contribution < 1.29 is 14.5 Å². The maximum absolute atomic E-state index is 11.7. The Labute approximate surface area is 112 Å². The fourth-order valence-electron chi connectivity index (χ4n) is 1.75. The van der Waals surface area contributed by atoms with Crippen molar-refractivity contribution in [3.63, 3.8) is 0 Å². The fourth-order valence-corrected chi connectivity index (χ4v) is 2.27. The van der Waals surface area contributed by atoms with Gasteiger partial charge in [-0.2, -0.15) is 0 Å². The number of esters is 1. The maximum Gasteiger partial charge on any atom is 0.319 e. The summed E-state index contributed by atoms with van der Waals surface area (Å²) in [6.07, 6.45) is 1.50. The van der Waals surface area contributed by atoms with E-state index in [1.54, 1.807) is 0 Å². The quantitative estimate of drug-likeness (QED) is 0.476. The van der Waals surface area contributed by atoms with Crippen molar-refractivity contribution in [3.8, 4) is 0 Å². The van der Waals surface area contributed by atoms with E-state index in [1.807, 2.05) is 0 Å². The van der Waals surface area contributed by atoms with Gasteiger partial charge in [0.1, 0.15) is 17.5 Å². The number of rotatable bonds is 2. The largest absolute Gasteiger partial charge is 0.461 e. The monoisotopic (exact) mass is 287 g/mol. The molecule has 1 aliphatic heterocycles. The molecule has 0 fully saturated rings. The number of nitrogens with zero attached hydrogens (tertiary/aromatic N) is 1. The number of hydrogen-bond donors (Lipinski definition) is 0. The van der Waals surface area contributed by atoms with Crippen molar-refractivity contribution in [2.45, 2.75) is 5.92 Å². The molecule has 0 spiro atoms. The van der Waals surface area contributed by atoms with Crippen molar-refractivity contribution in [1.29, 1.82) is 0 Å². The molecule has 0 saturated carbocycles. The maximum atomic E-state index is 11.7. The van der Waals surface area contributed by atoms with Crippen LogP contribution in [0, 0.1) is 10.1 Å². The summed E-state index contributed by atoms with van der Waals surface area (Å²) in [4.78, 5) is 22.0. The van der Waals surface area contributed by atoms with Crippen LogP contribution in [0.15, 0.2) is 29.3 Å². The lowest BCUT2D eigenvalue weighted by atomic mass is 9.95. The summed E-state index contributed by atoms with van der Waals surface area (Å²) in [7, 11) is 0. The lowest BCUT2D eigenvalue weighted by molar-refractivity contribution is -0.385. The Morgan fingerprint density at radius 1 is 1.39 bits per heavy atom. The molecule has 94 valence electrons. The Morgan fingerprint density at radius 3 is 2.72 bits per heavy atom. The van der Waals surface area contributed by atoms with Crippen LogP contribution in [0.25, 0.3) is 0 Å². The van der Waals surface area contributed by atoms with Gasteiger partial charge in [-0.3, -0.25) is 14.9 Å². The SMILES string of the molecule is O=C1OCC=C(Cl)C1c1cccc(Cl)c1[N+](=O)[O-]. The van der Waals surface area contributed by atoms with Crippen LogP contribution in [0.3, 0.4) is 0 Å². The van der Waals surface area contributed by atoms with Crippen molar-refractivity contribution in [3.05, 3.63) is 50.0 Å². The topological polar surface area (TPSA) is 69.4 Å². The second-order valence-electron chi connectivity index (χ2n) is 3.59. The molecule has 0 amide bonds. The highest BCUT2D eigenvalue weighted by molar-refractivity contribution is 6.34. The number of carbonyl (C=O) groups excluding carboxylic acids is 1.